The summed E-state index contributed by atoms with van der Waals surface area (Å²) in [6, 6.07) is 7.20. The highest BCUT2D eigenvalue weighted by molar-refractivity contribution is 7.12. The number of carbonyl (C=O) groups excluding carboxylic acids is 1. The molecule has 2 rings (SSSR count). The van der Waals surface area contributed by atoms with Crippen molar-refractivity contribution in [3.05, 3.63) is 45.1 Å². The van der Waals surface area contributed by atoms with Gasteiger partial charge in [-0.25, -0.2) is 0 Å². The van der Waals surface area contributed by atoms with Crippen LogP contribution in [0.3, 0.4) is 0 Å². The van der Waals surface area contributed by atoms with E-state index in [1.54, 1.807) is 29.5 Å². The number of nitrogen functional groups attached to an aromatic ring is 1. The smallest absolute Gasteiger partial charge is 0.197 e. The third-order valence-corrected chi connectivity index (χ3v) is 3.83. The molecule has 0 aliphatic rings. The Labute approximate surface area is 117 Å². The number of hydrogen-bond acceptors (Lipinski definition) is 4. The molecule has 2 N–H and O–H groups in total. The number of ketones is 1. The van der Waals surface area contributed by atoms with Gasteiger partial charge in [-0.2, -0.15) is 0 Å². The van der Waals surface area contributed by atoms with Crippen LogP contribution in [-0.2, 0) is 0 Å². The minimum Gasteiger partial charge on any atom is -0.491 e. The molecule has 0 aliphatic carbocycles. The summed E-state index contributed by atoms with van der Waals surface area (Å²) in [7, 11) is 0. The summed E-state index contributed by atoms with van der Waals surface area (Å²) in [6.45, 7) is 6.31. The molecule has 0 bridgehead atoms. The third-order valence-electron chi connectivity index (χ3n) is 2.86. The van der Waals surface area contributed by atoms with Crippen molar-refractivity contribution in [3.8, 4) is 5.75 Å². The molecule has 1 aromatic heterocycles. The Morgan fingerprint density at radius 1 is 1.32 bits per heavy atom. The van der Waals surface area contributed by atoms with Crippen LogP contribution in [0.4, 0.5) is 5.69 Å². The molecule has 0 saturated heterocycles. The molecule has 2 aromatic rings. The van der Waals surface area contributed by atoms with Crippen molar-refractivity contribution in [1.29, 1.82) is 0 Å². The van der Waals surface area contributed by atoms with E-state index < -0.39 is 0 Å². The Hall–Kier alpha value is -1.81. The molecular weight excluding hydrogens is 258 g/mol. The standard InChI is InChI=1S/C15H17NO2S/c1-4-18-15-11(6-5-7-13(15)16)14(17)12-8-9(2)19-10(12)3/h5-8H,4,16H2,1-3H3. The second-order valence-electron chi connectivity index (χ2n) is 4.31. The van der Waals surface area contributed by atoms with E-state index in [9.17, 15) is 4.79 Å². The molecule has 1 heterocycles. The van der Waals surface area contributed by atoms with E-state index in [0.29, 0.717) is 23.6 Å². The fraction of sp³-hybridized carbons (Fsp3) is 0.267. The van der Waals surface area contributed by atoms with Crippen LogP contribution in [0.15, 0.2) is 24.3 Å². The van der Waals surface area contributed by atoms with E-state index in [1.165, 1.54) is 0 Å². The maximum absolute atomic E-state index is 12.6. The summed E-state index contributed by atoms with van der Waals surface area (Å²) in [5, 5.41) is 0. The highest BCUT2D eigenvalue weighted by atomic mass is 32.1. The number of hydrogen-bond donors (Lipinski definition) is 1. The summed E-state index contributed by atoms with van der Waals surface area (Å²) >= 11 is 1.62. The van der Waals surface area contributed by atoms with Crippen molar-refractivity contribution < 1.29 is 9.53 Å². The number of thiophene rings is 1. The molecular formula is C15H17NO2S. The average molecular weight is 275 g/mol. The largest absolute Gasteiger partial charge is 0.491 e. The van der Waals surface area contributed by atoms with Crippen LogP contribution in [0.25, 0.3) is 0 Å². The van der Waals surface area contributed by atoms with Crippen molar-refractivity contribution in [3.63, 3.8) is 0 Å². The summed E-state index contributed by atoms with van der Waals surface area (Å²) < 4.78 is 5.51. The van der Waals surface area contributed by atoms with Crippen molar-refractivity contribution in [2.45, 2.75) is 20.8 Å². The zero-order valence-electron chi connectivity index (χ0n) is 11.3. The van der Waals surface area contributed by atoms with Gasteiger partial charge < -0.3 is 10.5 Å². The maximum Gasteiger partial charge on any atom is 0.197 e. The number of para-hydroxylation sites is 1. The van der Waals surface area contributed by atoms with Crippen LogP contribution in [0.2, 0.25) is 0 Å². The van der Waals surface area contributed by atoms with Gasteiger partial charge in [0.1, 0.15) is 0 Å². The fourth-order valence-corrected chi connectivity index (χ4v) is 2.96. The topological polar surface area (TPSA) is 52.3 Å². The van der Waals surface area contributed by atoms with E-state index >= 15 is 0 Å². The first kappa shape index (κ1) is 13.6. The Morgan fingerprint density at radius 2 is 2.05 bits per heavy atom. The van der Waals surface area contributed by atoms with Crippen LogP contribution < -0.4 is 10.5 Å². The van der Waals surface area contributed by atoms with Crippen LogP contribution >= 0.6 is 11.3 Å². The normalized spacial score (nSPS) is 10.5. The van der Waals surface area contributed by atoms with E-state index in [2.05, 4.69) is 0 Å². The van der Waals surface area contributed by atoms with E-state index in [4.69, 9.17) is 10.5 Å². The van der Waals surface area contributed by atoms with E-state index in [-0.39, 0.29) is 5.78 Å². The molecule has 0 spiro atoms. The van der Waals surface area contributed by atoms with E-state index in [1.807, 2.05) is 26.8 Å². The van der Waals surface area contributed by atoms with Crippen molar-refractivity contribution in [2.24, 2.45) is 0 Å². The average Bonchev–Trinajstić information content (AvgIpc) is 2.70. The highest BCUT2D eigenvalue weighted by Crippen LogP contribution is 2.31. The van der Waals surface area contributed by atoms with Gasteiger partial charge in [0.2, 0.25) is 0 Å². The van der Waals surface area contributed by atoms with Crippen LogP contribution in [0, 0.1) is 13.8 Å². The van der Waals surface area contributed by atoms with Gasteiger partial charge in [0, 0.05) is 15.3 Å². The molecule has 100 valence electrons. The molecule has 0 radical (unpaired) electrons. The summed E-state index contributed by atoms with van der Waals surface area (Å²) in [5.41, 5.74) is 7.65. The summed E-state index contributed by atoms with van der Waals surface area (Å²) in [4.78, 5) is 14.7. The Morgan fingerprint density at radius 3 is 2.63 bits per heavy atom. The monoisotopic (exact) mass is 275 g/mol. The quantitative estimate of drug-likeness (QED) is 0.685. The third kappa shape index (κ3) is 2.63. The number of carbonyl (C=O) groups is 1. The van der Waals surface area contributed by atoms with Gasteiger partial charge in [-0.3, -0.25) is 4.79 Å². The fourth-order valence-electron chi connectivity index (χ4n) is 2.04. The summed E-state index contributed by atoms with van der Waals surface area (Å²) in [6.07, 6.45) is 0. The SMILES string of the molecule is CCOc1c(N)cccc1C(=O)c1cc(C)sc1C. The second kappa shape index (κ2) is 5.45. The number of nitrogens with two attached hydrogens (primary N) is 1. The number of anilines is 1. The predicted octanol–water partition coefficient (Wildman–Crippen LogP) is 3.58. The molecule has 0 unspecified atom stereocenters. The lowest BCUT2D eigenvalue weighted by Gasteiger charge is -2.11. The predicted molar refractivity (Wildman–Crippen MR) is 79.2 cm³/mol. The molecule has 0 aliphatic heterocycles. The van der Waals surface area contributed by atoms with Crippen LogP contribution in [0.5, 0.6) is 5.75 Å². The van der Waals surface area contributed by atoms with Gasteiger partial charge in [0.25, 0.3) is 0 Å². The van der Waals surface area contributed by atoms with Crippen molar-refractivity contribution in [2.75, 3.05) is 12.3 Å². The number of ether oxygens (including phenoxy) is 1. The molecule has 0 saturated carbocycles. The lowest BCUT2D eigenvalue weighted by molar-refractivity contribution is 0.103. The van der Waals surface area contributed by atoms with Gasteiger partial charge >= 0.3 is 0 Å². The van der Waals surface area contributed by atoms with Gasteiger partial charge in [-0.1, -0.05) is 6.07 Å². The van der Waals surface area contributed by atoms with E-state index in [0.717, 1.165) is 15.3 Å². The van der Waals surface area contributed by atoms with Crippen LogP contribution in [0.1, 0.15) is 32.6 Å². The van der Waals surface area contributed by atoms with Gasteiger partial charge in [-0.05, 0) is 39.0 Å². The van der Waals surface area contributed by atoms with Gasteiger partial charge in [-0.15, -0.1) is 11.3 Å². The molecule has 4 heteroatoms. The first-order chi connectivity index (χ1) is 9.04. The number of aryl methyl sites for hydroxylation is 2. The molecule has 1 aromatic carbocycles. The minimum absolute atomic E-state index is 0.0300. The number of benzene rings is 1. The zero-order chi connectivity index (χ0) is 14.0. The first-order valence-corrected chi connectivity index (χ1v) is 6.99. The molecule has 0 fully saturated rings. The van der Waals surface area contributed by atoms with Crippen molar-refractivity contribution >= 4 is 22.8 Å². The molecule has 0 amide bonds. The summed E-state index contributed by atoms with van der Waals surface area (Å²) in [5.74, 6) is 0.454. The van der Waals surface area contributed by atoms with Gasteiger partial charge in [0.05, 0.1) is 17.9 Å². The number of rotatable bonds is 4. The van der Waals surface area contributed by atoms with Crippen molar-refractivity contribution in [1.82, 2.24) is 0 Å². The Kier molecular flexibility index (Phi) is 3.90. The zero-order valence-corrected chi connectivity index (χ0v) is 12.1. The maximum atomic E-state index is 12.6. The second-order valence-corrected chi connectivity index (χ2v) is 5.77. The Balaban J connectivity index is 2.50. The molecule has 0 atom stereocenters. The lowest BCUT2D eigenvalue weighted by Crippen LogP contribution is -2.07. The Bertz CT molecular complexity index is 617. The molecule has 19 heavy (non-hydrogen) atoms. The first-order valence-electron chi connectivity index (χ1n) is 6.17. The highest BCUT2D eigenvalue weighted by Gasteiger charge is 2.19. The van der Waals surface area contributed by atoms with Gasteiger partial charge in [0.15, 0.2) is 11.5 Å². The lowest BCUT2D eigenvalue weighted by atomic mass is 10.0. The van der Waals surface area contributed by atoms with Crippen LogP contribution in [-0.4, -0.2) is 12.4 Å². The molecule has 3 nitrogen and oxygen atoms in total. The minimum atomic E-state index is -0.0300.